The summed E-state index contributed by atoms with van der Waals surface area (Å²) in [6.07, 6.45) is 2.93. The molecule has 1 aliphatic heterocycles. The summed E-state index contributed by atoms with van der Waals surface area (Å²) in [5.74, 6) is -1.36. The molecule has 0 spiro atoms. The first-order valence-electron chi connectivity index (χ1n) is 11.0. The molecule has 1 heterocycles. The summed E-state index contributed by atoms with van der Waals surface area (Å²) >= 11 is 12.9. The van der Waals surface area contributed by atoms with Gasteiger partial charge in [0.2, 0.25) is 0 Å². The number of carbonyl (C=O) groups excluding carboxylic acids is 2. The molecule has 4 rings (SSSR count). The molecule has 0 saturated heterocycles. The van der Waals surface area contributed by atoms with Gasteiger partial charge in [-0.05, 0) is 35.4 Å². The lowest BCUT2D eigenvalue weighted by Crippen LogP contribution is -2.37. The van der Waals surface area contributed by atoms with E-state index >= 15 is 0 Å². The van der Waals surface area contributed by atoms with Gasteiger partial charge in [0.05, 0.1) is 34.8 Å². The molecule has 190 valence electrons. The van der Waals surface area contributed by atoms with Gasteiger partial charge in [0.25, 0.3) is 5.91 Å². The summed E-state index contributed by atoms with van der Waals surface area (Å²) in [4.78, 5) is 30.5. The molecule has 0 bridgehead atoms. The predicted octanol–water partition coefficient (Wildman–Crippen LogP) is 5.58. The molecule has 0 atom stereocenters. The summed E-state index contributed by atoms with van der Waals surface area (Å²) < 4.78 is 25.1. The molecule has 3 aromatic carbocycles. The maximum Gasteiger partial charge on any atom is 0.340 e. The molecule has 0 saturated carbocycles. The van der Waals surface area contributed by atoms with Crippen LogP contribution >= 0.6 is 23.2 Å². The van der Waals surface area contributed by atoms with Gasteiger partial charge in [0.1, 0.15) is 11.6 Å². The molecule has 1 amide bonds. The van der Waals surface area contributed by atoms with E-state index in [9.17, 15) is 14.0 Å². The zero-order valence-corrected chi connectivity index (χ0v) is 21.4. The molecule has 0 aromatic heterocycles. The first kappa shape index (κ1) is 26.2. The van der Waals surface area contributed by atoms with Gasteiger partial charge in [-0.25, -0.2) is 9.18 Å². The number of carbonyl (C=O) groups is 2. The van der Waals surface area contributed by atoms with Gasteiger partial charge in [0, 0.05) is 36.2 Å². The molecule has 0 unspecified atom stereocenters. The highest BCUT2D eigenvalue weighted by Crippen LogP contribution is 2.38. The molecule has 0 fully saturated rings. The Morgan fingerprint density at radius 2 is 1.89 bits per heavy atom. The Morgan fingerprint density at radius 3 is 2.51 bits per heavy atom. The summed E-state index contributed by atoms with van der Waals surface area (Å²) in [6.45, 7) is 0.145. The van der Waals surface area contributed by atoms with E-state index in [0.717, 1.165) is 0 Å². The Kier molecular flexibility index (Phi) is 7.80. The molecule has 3 aromatic rings. The number of hydrogen-bond acceptors (Lipinski definition) is 6. The van der Waals surface area contributed by atoms with E-state index in [0.29, 0.717) is 33.6 Å². The van der Waals surface area contributed by atoms with Crippen LogP contribution < -0.4 is 10.5 Å². The molecule has 7 nitrogen and oxygen atoms in total. The topological polar surface area (TPSA) is 94.2 Å². The number of rotatable bonds is 5. The standard InChI is InChI=1S/C27H22Cl2FN3O4/c1-32-12-18(11-31)17-8-21(28)24(22(29)9-17)26(34)33-13-16-4-3-5-19(25(16)37-14-33)15-6-7-20(23(30)10-15)27(35)36-2/h3-12H,13-14,31H2,1-2H3. The van der Waals surface area contributed by atoms with Gasteiger partial charge in [-0.2, -0.15) is 0 Å². The molecule has 1 aliphatic rings. The van der Waals surface area contributed by atoms with E-state index in [-0.39, 0.29) is 34.4 Å². The van der Waals surface area contributed by atoms with Crippen LogP contribution in [0.1, 0.15) is 31.8 Å². The first-order valence-corrected chi connectivity index (χ1v) is 11.8. The zero-order chi connectivity index (χ0) is 26.7. The smallest absolute Gasteiger partial charge is 0.340 e. The largest absolute Gasteiger partial charge is 0.472 e. The second-order valence-electron chi connectivity index (χ2n) is 8.08. The Hall–Kier alpha value is -3.88. The second-order valence-corrected chi connectivity index (χ2v) is 8.90. The molecular weight excluding hydrogens is 520 g/mol. The number of aliphatic imine (C=N–C) groups is 1. The lowest BCUT2D eigenvalue weighted by atomic mass is 9.98. The van der Waals surface area contributed by atoms with Crippen molar-refractivity contribution in [2.45, 2.75) is 6.54 Å². The third-order valence-electron chi connectivity index (χ3n) is 5.83. The number of fused-ring (bicyclic) bond motifs is 1. The van der Waals surface area contributed by atoms with Crippen molar-refractivity contribution in [1.29, 1.82) is 0 Å². The van der Waals surface area contributed by atoms with E-state index in [1.54, 1.807) is 43.6 Å². The highest BCUT2D eigenvalue weighted by atomic mass is 35.5. The number of hydrogen-bond donors (Lipinski definition) is 1. The van der Waals surface area contributed by atoms with Crippen LogP contribution in [0.3, 0.4) is 0 Å². The van der Waals surface area contributed by atoms with Crippen molar-refractivity contribution in [3.63, 3.8) is 0 Å². The van der Waals surface area contributed by atoms with Crippen molar-refractivity contribution in [2.24, 2.45) is 10.7 Å². The SMILES string of the molecule is CN=CC(=CN)c1cc(Cl)c(C(=O)N2COc3c(cccc3-c3ccc(C(=O)OC)c(F)c3)C2)c(Cl)c1. The fourth-order valence-electron chi connectivity index (χ4n) is 4.04. The summed E-state index contributed by atoms with van der Waals surface area (Å²) in [6, 6.07) is 12.8. The van der Waals surface area contributed by atoms with Crippen molar-refractivity contribution in [1.82, 2.24) is 4.90 Å². The number of para-hydroxylation sites is 1. The summed E-state index contributed by atoms with van der Waals surface area (Å²) in [7, 11) is 2.80. The van der Waals surface area contributed by atoms with Gasteiger partial charge in [0.15, 0.2) is 6.73 Å². The van der Waals surface area contributed by atoms with Crippen LogP contribution in [0.15, 0.2) is 59.7 Å². The fraction of sp³-hybridized carbons (Fsp3) is 0.148. The van der Waals surface area contributed by atoms with Gasteiger partial charge < -0.3 is 20.1 Å². The van der Waals surface area contributed by atoms with E-state index in [4.69, 9.17) is 33.7 Å². The number of amides is 1. The minimum atomic E-state index is -0.760. The van der Waals surface area contributed by atoms with Crippen LogP contribution in [0.2, 0.25) is 10.0 Å². The van der Waals surface area contributed by atoms with Crippen molar-refractivity contribution in [3.05, 3.63) is 92.8 Å². The second kappa shape index (κ2) is 11.0. The van der Waals surface area contributed by atoms with Gasteiger partial charge in [-0.15, -0.1) is 0 Å². The first-order chi connectivity index (χ1) is 17.8. The number of nitrogens with two attached hydrogens (primary N) is 1. The lowest BCUT2D eigenvalue weighted by molar-refractivity contribution is 0.0515. The number of benzene rings is 3. The lowest BCUT2D eigenvalue weighted by Gasteiger charge is -2.31. The van der Waals surface area contributed by atoms with Gasteiger partial charge in [-0.3, -0.25) is 9.79 Å². The normalized spacial score (nSPS) is 13.3. The molecular formula is C27H22Cl2FN3O4. The minimum Gasteiger partial charge on any atom is -0.472 e. The molecule has 0 radical (unpaired) electrons. The molecule has 10 heteroatoms. The Morgan fingerprint density at radius 1 is 1.16 bits per heavy atom. The minimum absolute atomic E-state index is 0.0730. The van der Waals surface area contributed by atoms with Crippen LogP contribution in [-0.2, 0) is 11.3 Å². The average molecular weight is 542 g/mol. The number of ether oxygens (including phenoxy) is 2. The van der Waals surface area contributed by atoms with Crippen molar-refractivity contribution >= 4 is 46.9 Å². The highest BCUT2D eigenvalue weighted by Gasteiger charge is 2.28. The van der Waals surface area contributed by atoms with Crippen LogP contribution in [0.5, 0.6) is 5.75 Å². The Labute approximate surface area is 222 Å². The Bertz CT molecular complexity index is 1430. The average Bonchev–Trinajstić information content (AvgIpc) is 2.90. The van der Waals surface area contributed by atoms with E-state index in [2.05, 4.69) is 9.73 Å². The number of esters is 1. The maximum absolute atomic E-state index is 14.5. The molecule has 0 aliphatic carbocycles. The number of halogens is 3. The van der Waals surface area contributed by atoms with Crippen LogP contribution in [-0.4, -0.2) is 43.9 Å². The number of methoxy groups -OCH3 is 1. The van der Waals surface area contributed by atoms with E-state index < -0.39 is 17.7 Å². The number of allylic oxidation sites excluding steroid dienone is 1. The van der Waals surface area contributed by atoms with E-state index in [1.807, 2.05) is 6.07 Å². The monoisotopic (exact) mass is 541 g/mol. The molecule has 2 N–H and O–H groups in total. The molecule has 37 heavy (non-hydrogen) atoms. The van der Waals surface area contributed by atoms with Crippen LogP contribution in [0, 0.1) is 5.82 Å². The van der Waals surface area contributed by atoms with Crippen molar-refractivity contribution in [3.8, 4) is 16.9 Å². The van der Waals surface area contributed by atoms with Gasteiger partial charge in [-0.1, -0.05) is 47.5 Å². The van der Waals surface area contributed by atoms with Crippen molar-refractivity contribution < 1.29 is 23.5 Å². The quantitative estimate of drug-likeness (QED) is 0.336. The van der Waals surface area contributed by atoms with Crippen LogP contribution in [0.25, 0.3) is 16.7 Å². The van der Waals surface area contributed by atoms with E-state index in [1.165, 1.54) is 30.3 Å². The number of nitrogens with zero attached hydrogens (tertiary/aromatic N) is 2. The maximum atomic E-state index is 14.5. The van der Waals surface area contributed by atoms with Gasteiger partial charge >= 0.3 is 5.97 Å². The van der Waals surface area contributed by atoms with Crippen LogP contribution in [0.4, 0.5) is 4.39 Å². The third-order valence-corrected chi connectivity index (χ3v) is 6.43. The zero-order valence-electron chi connectivity index (χ0n) is 19.9. The Balaban J connectivity index is 1.62. The van der Waals surface area contributed by atoms with Crippen molar-refractivity contribution in [2.75, 3.05) is 20.9 Å². The third kappa shape index (κ3) is 5.16. The highest BCUT2D eigenvalue weighted by molar-refractivity contribution is 6.40. The fourth-order valence-corrected chi connectivity index (χ4v) is 4.69. The predicted molar refractivity (Wildman–Crippen MR) is 142 cm³/mol. The summed E-state index contributed by atoms with van der Waals surface area (Å²) in [5, 5.41) is 0.328. The summed E-state index contributed by atoms with van der Waals surface area (Å²) in [5.41, 5.74) is 8.72.